The number of hydrogen-bond donors (Lipinski definition) is 2. The van der Waals surface area contributed by atoms with Crippen molar-refractivity contribution in [1.29, 1.82) is 0 Å². The fraction of sp³-hybridized carbons (Fsp3) is 0.0667. The predicted molar refractivity (Wildman–Crippen MR) is 77.7 cm³/mol. The van der Waals surface area contributed by atoms with Crippen molar-refractivity contribution in [3.05, 3.63) is 48.0 Å². The molecule has 0 unspecified atom stereocenters. The number of carbonyl (C=O) groups excluding carboxylic acids is 1. The first-order valence-electron chi connectivity index (χ1n) is 6.27. The summed E-state index contributed by atoms with van der Waals surface area (Å²) in [6.07, 6.45) is 0. The van der Waals surface area contributed by atoms with Gasteiger partial charge in [0.25, 0.3) is 5.91 Å². The molecule has 0 bridgehead atoms. The number of nitrogens with one attached hydrogen (secondary N) is 1. The van der Waals surface area contributed by atoms with E-state index in [1.165, 1.54) is 0 Å². The minimum Gasteiger partial charge on any atom is -0.497 e. The zero-order valence-corrected chi connectivity index (χ0v) is 11.3. The van der Waals surface area contributed by atoms with Crippen molar-refractivity contribution in [2.45, 2.75) is 0 Å². The Morgan fingerprint density at radius 1 is 1.29 bits per heavy atom. The van der Waals surface area contributed by atoms with E-state index in [1.807, 2.05) is 24.3 Å². The van der Waals surface area contributed by atoms with E-state index in [0.717, 1.165) is 11.3 Å². The van der Waals surface area contributed by atoms with Crippen LogP contribution in [0.5, 0.6) is 5.75 Å². The molecular weight excluding hydrogens is 270 g/mol. The third kappa shape index (κ3) is 2.44. The molecule has 2 aromatic carbocycles. The second-order valence-electron chi connectivity index (χ2n) is 4.41. The summed E-state index contributed by atoms with van der Waals surface area (Å²) in [5.41, 5.74) is 4.50. The van der Waals surface area contributed by atoms with Gasteiger partial charge in [-0.25, -0.2) is 10.8 Å². The quantitative estimate of drug-likeness (QED) is 0.436. The number of ether oxygens (including phenoxy) is 1. The average molecular weight is 283 g/mol. The molecule has 0 aliphatic heterocycles. The van der Waals surface area contributed by atoms with Crippen molar-refractivity contribution in [2.75, 3.05) is 7.11 Å². The predicted octanol–water partition coefficient (Wildman–Crippen LogP) is 2.11. The normalized spacial score (nSPS) is 10.6. The third-order valence-electron chi connectivity index (χ3n) is 3.10. The van der Waals surface area contributed by atoms with Crippen LogP contribution in [0.15, 0.2) is 46.9 Å². The van der Waals surface area contributed by atoms with E-state index in [1.54, 1.807) is 25.3 Å². The van der Waals surface area contributed by atoms with Crippen molar-refractivity contribution in [3.8, 4) is 17.2 Å². The minimum atomic E-state index is -0.372. The SMILES string of the molecule is COc1cccc(-c2nc3cc(C(=O)NN)ccc3o2)c1. The molecule has 6 nitrogen and oxygen atoms in total. The molecule has 3 aromatic rings. The maximum Gasteiger partial charge on any atom is 0.265 e. The van der Waals surface area contributed by atoms with E-state index in [4.69, 9.17) is 15.0 Å². The summed E-state index contributed by atoms with van der Waals surface area (Å²) in [4.78, 5) is 15.9. The number of hydrogen-bond acceptors (Lipinski definition) is 5. The van der Waals surface area contributed by atoms with E-state index in [2.05, 4.69) is 10.4 Å². The number of methoxy groups -OCH3 is 1. The third-order valence-corrected chi connectivity index (χ3v) is 3.10. The van der Waals surface area contributed by atoms with Crippen LogP contribution in [0.1, 0.15) is 10.4 Å². The maximum atomic E-state index is 11.5. The molecular formula is C15H13N3O3. The van der Waals surface area contributed by atoms with Crippen LogP contribution in [0.25, 0.3) is 22.6 Å². The van der Waals surface area contributed by atoms with Gasteiger partial charge in [-0.05, 0) is 36.4 Å². The molecule has 6 heteroatoms. The number of fused-ring (bicyclic) bond motifs is 1. The first kappa shape index (κ1) is 13.1. The monoisotopic (exact) mass is 283 g/mol. The molecule has 0 spiro atoms. The van der Waals surface area contributed by atoms with Gasteiger partial charge in [0.2, 0.25) is 5.89 Å². The molecule has 3 N–H and O–H groups in total. The van der Waals surface area contributed by atoms with Crippen LogP contribution in [0, 0.1) is 0 Å². The van der Waals surface area contributed by atoms with Gasteiger partial charge in [0.1, 0.15) is 11.3 Å². The van der Waals surface area contributed by atoms with Gasteiger partial charge < -0.3 is 9.15 Å². The lowest BCUT2D eigenvalue weighted by Crippen LogP contribution is -2.29. The molecule has 1 heterocycles. The van der Waals surface area contributed by atoms with Gasteiger partial charge in [0.15, 0.2) is 5.58 Å². The Hall–Kier alpha value is -2.86. The summed E-state index contributed by atoms with van der Waals surface area (Å²) < 4.78 is 10.9. The smallest absolute Gasteiger partial charge is 0.265 e. The summed E-state index contributed by atoms with van der Waals surface area (Å²) in [5, 5.41) is 0. The molecule has 0 saturated carbocycles. The Bertz CT molecular complexity index is 811. The lowest BCUT2D eigenvalue weighted by Gasteiger charge is -2.00. The number of rotatable bonds is 3. The Kier molecular flexibility index (Phi) is 3.29. The van der Waals surface area contributed by atoms with Crippen LogP contribution < -0.4 is 16.0 Å². The van der Waals surface area contributed by atoms with Crippen LogP contribution in [-0.2, 0) is 0 Å². The number of nitrogen functional groups attached to an aromatic ring is 1. The zero-order chi connectivity index (χ0) is 14.8. The molecule has 106 valence electrons. The van der Waals surface area contributed by atoms with Crippen molar-refractivity contribution < 1.29 is 13.9 Å². The number of hydrazine groups is 1. The molecule has 21 heavy (non-hydrogen) atoms. The maximum absolute atomic E-state index is 11.5. The number of aromatic nitrogens is 1. The lowest BCUT2D eigenvalue weighted by atomic mass is 10.2. The molecule has 0 atom stereocenters. The van der Waals surface area contributed by atoms with E-state index in [9.17, 15) is 4.79 Å². The van der Waals surface area contributed by atoms with E-state index in [-0.39, 0.29) is 5.91 Å². The van der Waals surface area contributed by atoms with Crippen LogP contribution in [0.3, 0.4) is 0 Å². The Labute approximate surface area is 120 Å². The van der Waals surface area contributed by atoms with E-state index < -0.39 is 0 Å². The fourth-order valence-corrected chi connectivity index (χ4v) is 2.03. The van der Waals surface area contributed by atoms with E-state index in [0.29, 0.717) is 22.6 Å². The van der Waals surface area contributed by atoms with Crippen LogP contribution in [0.4, 0.5) is 0 Å². The van der Waals surface area contributed by atoms with Gasteiger partial charge in [0.05, 0.1) is 7.11 Å². The number of carbonyl (C=O) groups is 1. The highest BCUT2D eigenvalue weighted by Crippen LogP contribution is 2.27. The van der Waals surface area contributed by atoms with Crippen molar-refractivity contribution in [2.24, 2.45) is 5.84 Å². The number of oxazole rings is 1. The molecule has 0 fully saturated rings. The molecule has 0 radical (unpaired) electrons. The summed E-state index contributed by atoms with van der Waals surface area (Å²) in [6.45, 7) is 0. The zero-order valence-electron chi connectivity index (χ0n) is 11.3. The van der Waals surface area contributed by atoms with Gasteiger partial charge in [-0.1, -0.05) is 6.07 Å². The number of benzene rings is 2. The standard InChI is InChI=1S/C15H13N3O3/c1-20-11-4-2-3-10(7-11)15-17-12-8-9(14(19)18-16)5-6-13(12)21-15/h2-8H,16H2,1H3,(H,18,19). The summed E-state index contributed by atoms with van der Waals surface area (Å²) >= 11 is 0. The molecule has 0 saturated heterocycles. The first-order chi connectivity index (χ1) is 10.2. The molecule has 3 rings (SSSR count). The van der Waals surface area contributed by atoms with Crippen LogP contribution in [0.2, 0.25) is 0 Å². The average Bonchev–Trinajstić information content (AvgIpc) is 2.97. The highest BCUT2D eigenvalue weighted by Gasteiger charge is 2.11. The van der Waals surface area contributed by atoms with Crippen molar-refractivity contribution in [3.63, 3.8) is 0 Å². The Morgan fingerprint density at radius 3 is 2.90 bits per heavy atom. The lowest BCUT2D eigenvalue weighted by molar-refractivity contribution is 0.0954. The van der Waals surface area contributed by atoms with Crippen LogP contribution in [-0.4, -0.2) is 18.0 Å². The number of amides is 1. The molecule has 1 amide bonds. The Balaban J connectivity index is 2.06. The topological polar surface area (TPSA) is 90.4 Å². The first-order valence-corrected chi connectivity index (χ1v) is 6.27. The minimum absolute atomic E-state index is 0.372. The van der Waals surface area contributed by atoms with E-state index >= 15 is 0 Å². The molecule has 0 aliphatic carbocycles. The van der Waals surface area contributed by atoms with Gasteiger partial charge >= 0.3 is 0 Å². The van der Waals surface area contributed by atoms with Crippen LogP contribution >= 0.6 is 0 Å². The number of nitrogens with zero attached hydrogens (tertiary/aromatic N) is 1. The highest BCUT2D eigenvalue weighted by atomic mass is 16.5. The Morgan fingerprint density at radius 2 is 2.14 bits per heavy atom. The van der Waals surface area contributed by atoms with Gasteiger partial charge in [0, 0.05) is 11.1 Å². The van der Waals surface area contributed by atoms with Gasteiger partial charge in [-0.3, -0.25) is 10.2 Å². The van der Waals surface area contributed by atoms with Gasteiger partial charge in [-0.2, -0.15) is 0 Å². The molecule has 1 aromatic heterocycles. The second-order valence-corrected chi connectivity index (χ2v) is 4.41. The molecule has 0 aliphatic rings. The largest absolute Gasteiger partial charge is 0.497 e. The summed E-state index contributed by atoms with van der Waals surface area (Å²) in [7, 11) is 1.60. The second kappa shape index (κ2) is 5.26. The summed E-state index contributed by atoms with van der Waals surface area (Å²) in [5.74, 6) is 5.93. The van der Waals surface area contributed by atoms with Crippen molar-refractivity contribution >= 4 is 17.0 Å². The summed E-state index contributed by atoms with van der Waals surface area (Å²) in [6, 6.07) is 12.4. The van der Waals surface area contributed by atoms with Crippen molar-refractivity contribution in [1.82, 2.24) is 10.4 Å². The van der Waals surface area contributed by atoms with Gasteiger partial charge in [-0.15, -0.1) is 0 Å². The highest BCUT2D eigenvalue weighted by molar-refractivity contribution is 5.96. The number of nitrogens with two attached hydrogens (primary N) is 1. The fourth-order valence-electron chi connectivity index (χ4n) is 2.03.